The minimum Gasteiger partial charge on any atom is -0.297 e. The SMILES string of the molecule is CCC(C)n1c(-c2ccccc2F)n[nH]c1=S. The van der Waals surface area contributed by atoms with E-state index in [1.165, 1.54) is 6.07 Å². The molecule has 0 fully saturated rings. The number of benzene rings is 1. The largest absolute Gasteiger partial charge is 0.297 e. The molecule has 0 aliphatic rings. The van der Waals surface area contributed by atoms with Crippen LogP contribution in [-0.2, 0) is 0 Å². The number of nitrogens with zero attached hydrogens (tertiary/aromatic N) is 2. The zero-order valence-corrected chi connectivity index (χ0v) is 10.6. The molecule has 2 aromatic rings. The van der Waals surface area contributed by atoms with Gasteiger partial charge in [0.1, 0.15) is 5.82 Å². The maximum absolute atomic E-state index is 13.7. The van der Waals surface area contributed by atoms with Crippen LogP contribution >= 0.6 is 12.2 Å². The van der Waals surface area contributed by atoms with Gasteiger partial charge in [-0.3, -0.25) is 9.67 Å². The lowest BCUT2D eigenvalue weighted by molar-refractivity contribution is 0.526. The number of nitrogens with one attached hydrogen (secondary N) is 1. The molecule has 0 bridgehead atoms. The van der Waals surface area contributed by atoms with E-state index in [1.807, 2.05) is 11.5 Å². The van der Waals surface area contributed by atoms with Crippen molar-refractivity contribution in [2.75, 3.05) is 0 Å². The molecule has 0 amide bonds. The van der Waals surface area contributed by atoms with Crippen molar-refractivity contribution in [3.63, 3.8) is 0 Å². The Balaban J connectivity index is 2.61. The Morgan fingerprint density at radius 2 is 2.18 bits per heavy atom. The molecule has 1 heterocycles. The minimum atomic E-state index is -0.286. The second-order valence-corrected chi connectivity index (χ2v) is 4.35. The molecule has 0 saturated heterocycles. The highest BCUT2D eigenvalue weighted by molar-refractivity contribution is 7.71. The first-order chi connectivity index (χ1) is 8.15. The van der Waals surface area contributed by atoms with Gasteiger partial charge in [-0.2, -0.15) is 5.10 Å². The van der Waals surface area contributed by atoms with Gasteiger partial charge in [-0.25, -0.2) is 4.39 Å². The average Bonchev–Trinajstić information content (AvgIpc) is 2.71. The number of aromatic nitrogens is 3. The van der Waals surface area contributed by atoms with E-state index in [2.05, 4.69) is 17.1 Å². The average molecular weight is 251 g/mol. The van der Waals surface area contributed by atoms with E-state index < -0.39 is 0 Å². The van der Waals surface area contributed by atoms with E-state index in [1.54, 1.807) is 18.2 Å². The number of rotatable bonds is 3. The predicted octanol–water partition coefficient (Wildman–Crippen LogP) is 3.72. The van der Waals surface area contributed by atoms with Crippen LogP contribution in [0, 0.1) is 10.6 Å². The molecule has 1 aromatic carbocycles. The first kappa shape index (κ1) is 12.0. The molecule has 0 spiro atoms. The monoisotopic (exact) mass is 251 g/mol. The van der Waals surface area contributed by atoms with Gasteiger partial charge in [0.05, 0.1) is 5.56 Å². The van der Waals surface area contributed by atoms with Crippen LogP contribution in [0.15, 0.2) is 24.3 Å². The lowest BCUT2D eigenvalue weighted by atomic mass is 10.2. The third kappa shape index (κ3) is 2.15. The van der Waals surface area contributed by atoms with Gasteiger partial charge in [0.15, 0.2) is 10.6 Å². The maximum Gasteiger partial charge on any atom is 0.195 e. The number of hydrogen-bond donors (Lipinski definition) is 1. The van der Waals surface area contributed by atoms with E-state index in [0.717, 1.165) is 6.42 Å². The van der Waals surface area contributed by atoms with Crippen molar-refractivity contribution < 1.29 is 4.39 Å². The Labute approximate surface area is 104 Å². The molecule has 3 nitrogen and oxygen atoms in total. The van der Waals surface area contributed by atoms with Gasteiger partial charge in [-0.1, -0.05) is 19.1 Å². The topological polar surface area (TPSA) is 33.6 Å². The molecule has 1 aromatic heterocycles. The number of aromatic amines is 1. The molecule has 1 atom stereocenters. The quantitative estimate of drug-likeness (QED) is 0.843. The molecule has 1 N–H and O–H groups in total. The predicted molar refractivity (Wildman–Crippen MR) is 67.8 cm³/mol. The summed E-state index contributed by atoms with van der Waals surface area (Å²) in [6, 6.07) is 6.77. The molecule has 0 aliphatic heterocycles. The minimum absolute atomic E-state index is 0.191. The first-order valence-corrected chi connectivity index (χ1v) is 5.97. The van der Waals surface area contributed by atoms with Crippen molar-refractivity contribution in [1.82, 2.24) is 14.8 Å². The highest BCUT2D eigenvalue weighted by Crippen LogP contribution is 2.24. The van der Waals surface area contributed by atoms with E-state index in [0.29, 0.717) is 16.2 Å². The van der Waals surface area contributed by atoms with Crippen LogP contribution in [0.2, 0.25) is 0 Å². The molecule has 90 valence electrons. The normalized spacial score (nSPS) is 12.6. The van der Waals surface area contributed by atoms with E-state index in [-0.39, 0.29) is 11.9 Å². The van der Waals surface area contributed by atoms with Gasteiger partial charge >= 0.3 is 0 Å². The Kier molecular flexibility index (Phi) is 3.38. The molecule has 1 unspecified atom stereocenters. The van der Waals surface area contributed by atoms with Crippen molar-refractivity contribution in [2.45, 2.75) is 26.3 Å². The van der Waals surface area contributed by atoms with Crippen LogP contribution in [-0.4, -0.2) is 14.8 Å². The first-order valence-electron chi connectivity index (χ1n) is 5.57. The summed E-state index contributed by atoms with van der Waals surface area (Å²) in [5.74, 6) is 0.272. The van der Waals surface area contributed by atoms with Crippen molar-refractivity contribution in [3.8, 4) is 11.4 Å². The second kappa shape index (κ2) is 4.79. The second-order valence-electron chi connectivity index (χ2n) is 3.96. The fourth-order valence-corrected chi connectivity index (χ4v) is 2.04. The molecule has 5 heteroatoms. The van der Waals surface area contributed by atoms with Crippen LogP contribution < -0.4 is 0 Å². The van der Waals surface area contributed by atoms with Gasteiger partial charge in [0, 0.05) is 6.04 Å². The standard InChI is InChI=1S/C12H14FN3S/c1-3-8(2)16-11(14-15-12(16)17)9-6-4-5-7-10(9)13/h4-8H,3H2,1-2H3,(H,15,17). The van der Waals surface area contributed by atoms with Crippen LogP contribution in [0.4, 0.5) is 4.39 Å². The van der Waals surface area contributed by atoms with Gasteiger partial charge < -0.3 is 0 Å². The van der Waals surface area contributed by atoms with Crippen molar-refractivity contribution >= 4 is 12.2 Å². The summed E-state index contributed by atoms with van der Waals surface area (Å²) in [4.78, 5) is 0. The molecule has 0 aliphatic carbocycles. The molecular formula is C12H14FN3S. The maximum atomic E-state index is 13.7. The summed E-state index contributed by atoms with van der Waals surface area (Å²) < 4.78 is 16.1. The molecule has 2 rings (SSSR count). The lowest BCUT2D eigenvalue weighted by Crippen LogP contribution is -2.06. The van der Waals surface area contributed by atoms with Crippen LogP contribution in [0.1, 0.15) is 26.3 Å². The summed E-state index contributed by atoms with van der Waals surface area (Å²) in [7, 11) is 0. The molecule has 0 saturated carbocycles. The lowest BCUT2D eigenvalue weighted by Gasteiger charge is -2.13. The summed E-state index contributed by atoms with van der Waals surface area (Å²) in [5.41, 5.74) is 0.472. The molecular weight excluding hydrogens is 237 g/mol. The summed E-state index contributed by atoms with van der Waals surface area (Å²) in [5, 5.41) is 6.85. The number of hydrogen-bond acceptors (Lipinski definition) is 2. The highest BCUT2D eigenvalue weighted by Gasteiger charge is 2.15. The van der Waals surface area contributed by atoms with Crippen LogP contribution in [0.3, 0.4) is 0 Å². The van der Waals surface area contributed by atoms with E-state index in [9.17, 15) is 4.39 Å². The third-order valence-electron chi connectivity index (χ3n) is 2.85. The fraction of sp³-hybridized carbons (Fsp3) is 0.333. The van der Waals surface area contributed by atoms with Gasteiger partial charge in [0.2, 0.25) is 0 Å². The zero-order chi connectivity index (χ0) is 12.4. The summed E-state index contributed by atoms with van der Waals surface area (Å²) in [6.07, 6.45) is 0.912. The Morgan fingerprint density at radius 3 is 2.82 bits per heavy atom. The van der Waals surface area contributed by atoms with Crippen molar-refractivity contribution in [2.24, 2.45) is 0 Å². The third-order valence-corrected chi connectivity index (χ3v) is 3.14. The molecule has 0 radical (unpaired) electrons. The smallest absolute Gasteiger partial charge is 0.195 e. The fourth-order valence-electron chi connectivity index (χ4n) is 1.73. The summed E-state index contributed by atoms with van der Waals surface area (Å²) in [6.45, 7) is 4.10. The highest BCUT2D eigenvalue weighted by atomic mass is 32.1. The Bertz CT molecular complexity index is 573. The number of H-pyrrole nitrogens is 1. The van der Waals surface area contributed by atoms with Crippen molar-refractivity contribution in [3.05, 3.63) is 34.9 Å². The van der Waals surface area contributed by atoms with Gasteiger partial charge in [-0.05, 0) is 37.7 Å². The van der Waals surface area contributed by atoms with E-state index in [4.69, 9.17) is 12.2 Å². The van der Waals surface area contributed by atoms with Gasteiger partial charge in [0.25, 0.3) is 0 Å². The Morgan fingerprint density at radius 1 is 1.47 bits per heavy atom. The van der Waals surface area contributed by atoms with Crippen LogP contribution in [0.25, 0.3) is 11.4 Å². The van der Waals surface area contributed by atoms with Crippen LogP contribution in [0.5, 0.6) is 0 Å². The number of halogens is 1. The molecule has 17 heavy (non-hydrogen) atoms. The van der Waals surface area contributed by atoms with E-state index >= 15 is 0 Å². The summed E-state index contributed by atoms with van der Waals surface area (Å²) >= 11 is 5.18. The Hall–Kier alpha value is -1.49. The zero-order valence-electron chi connectivity index (χ0n) is 9.77. The van der Waals surface area contributed by atoms with Gasteiger partial charge in [-0.15, -0.1) is 0 Å². The van der Waals surface area contributed by atoms with Crippen molar-refractivity contribution in [1.29, 1.82) is 0 Å².